The summed E-state index contributed by atoms with van der Waals surface area (Å²) < 4.78 is 11.6. The summed E-state index contributed by atoms with van der Waals surface area (Å²) in [6.45, 7) is 3.11. The van der Waals surface area contributed by atoms with Crippen molar-refractivity contribution in [3.05, 3.63) is 34.9 Å². The molecule has 1 fully saturated rings. The Morgan fingerprint density at radius 1 is 1.56 bits per heavy atom. The van der Waals surface area contributed by atoms with Gasteiger partial charge in [-0.25, -0.2) is 0 Å². The fourth-order valence-corrected chi connectivity index (χ4v) is 2.08. The van der Waals surface area contributed by atoms with E-state index in [9.17, 15) is 0 Å². The first-order chi connectivity index (χ1) is 7.64. The van der Waals surface area contributed by atoms with Crippen LogP contribution in [-0.2, 0) is 15.3 Å². The molecule has 0 aromatic heterocycles. The van der Waals surface area contributed by atoms with Gasteiger partial charge in [-0.15, -0.1) is 0 Å². The Morgan fingerprint density at radius 2 is 2.38 bits per heavy atom. The summed E-state index contributed by atoms with van der Waals surface area (Å²) in [7, 11) is 0. The molecule has 1 aliphatic heterocycles. The molecular formula is C12H16ClNO2. The minimum atomic E-state index is -0.690. The van der Waals surface area contributed by atoms with Crippen LogP contribution in [0.3, 0.4) is 0 Å². The first kappa shape index (κ1) is 11.9. The predicted octanol–water partition coefficient (Wildman–Crippen LogP) is 2.28. The summed E-state index contributed by atoms with van der Waals surface area (Å²) in [6, 6.07) is 7.55. The lowest BCUT2D eigenvalue weighted by molar-refractivity contribution is -0.162. The van der Waals surface area contributed by atoms with Crippen LogP contribution in [0, 0.1) is 0 Å². The van der Waals surface area contributed by atoms with Gasteiger partial charge in [-0.1, -0.05) is 23.7 Å². The standard InChI is InChI=1S/C12H16ClNO2/c1-12(9-3-2-4-10(13)7-9)15-8-11(16-12)5-6-14/h2-4,7,11H,5-6,8,14H2,1H3. The lowest BCUT2D eigenvalue weighted by Gasteiger charge is -2.23. The van der Waals surface area contributed by atoms with Crippen LogP contribution < -0.4 is 5.73 Å². The van der Waals surface area contributed by atoms with Gasteiger partial charge in [0, 0.05) is 10.6 Å². The van der Waals surface area contributed by atoms with Crippen molar-refractivity contribution in [1.82, 2.24) is 0 Å². The molecule has 88 valence electrons. The molecule has 0 saturated carbocycles. The van der Waals surface area contributed by atoms with Gasteiger partial charge in [0.25, 0.3) is 0 Å². The van der Waals surface area contributed by atoms with Crippen molar-refractivity contribution in [2.24, 2.45) is 5.73 Å². The van der Waals surface area contributed by atoms with E-state index in [-0.39, 0.29) is 6.10 Å². The highest BCUT2D eigenvalue weighted by atomic mass is 35.5. The van der Waals surface area contributed by atoms with Gasteiger partial charge in [0.1, 0.15) is 0 Å². The molecule has 0 radical (unpaired) electrons. The zero-order chi connectivity index (χ0) is 11.6. The first-order valence-electron chi connectivity index (χ1n) is 5.42. The Morgan fingerprint density at radius 3 is 3.06 bits per heavy atom. The third-order valence-corrected chi connectivity index (χ3v) is 3.01. The molecule has 0 spiro atoms. The molecule has 1 heterocycles. The molecule has 1 aromatic carbocycles. The van der Waals surface area contributed by atoms with E-state index >= 15 is 0 Å². The monoisotopic (exact) mass is 241 g/mol. The van der Waals surface area contributed by atoms with Crippen LogP contribution in [0.15, 0.2) is 24.3 Å². The molecule has 0 amide bonds. The van der Waals surface area contributed by atoms with E-state index in [1.54, 1.807) is 0 Å². The molecule has 1 aliphatic rings. The molecular weight excluding hydrogens is 226 g/mol. The van der Waals surface area contributed by atoms with Crippen molar-refractivity contribution in [3.63, 3.8) is 0 Å². The van der Waals surface area contributed by atoms with Crippen molar-refractivity contribution in [2.45, 2.75) is 25.2 Å². The molecule has 4 heteroatoms. The summed E-state index contributed by atoms with van der Waals surface area (Å²) in [5.74, 6) is -0.690. The van der Waals surface area contributed by atoms with E-state index < -0.39 is 5.79 Å². The van der Waals surface area contributed by atoms with Gasteiger partial charge in [-0.2, -0.15) is 0 Å². The molecule has 2 atom stereocenters. The quantitative estimate of drug-likeness (QED) is 0.883. The number of ether oxygens (including phenoxy) is 2. The van der Waals surface area contributed by atoms with E-state index in [0.29, 0.717) is 18.2 Å². The lowest BCUT2D eigenvalue weighted by Crippen LogP contribution is -2.24. The first-order valence-corrected chi connectivity index (χ1v) is 5.80. The van der Waals surface area contributed by atoms with Crippen molar-refractivity contribution < 1.29 is 9.47 Å². The minimum absolute atomic E-state index is 0.0778. The van der Waals surface area contributed by atoms with E-state index in [1.165, 1.54) is 0 Å². The summed E-state index contributed by atoms with van der Waals surface area (Å²) in [5.41, 5.74) is 6.45. The van der Waals surface area contributed by atoms with Crippen LogP contribution in [0.2, 0.25) is 5.02 Å². The van der Waals surface area contributed by atoms with Crippen LogP contribution in [0.4, 0.5) is 0 Å². The third kappa shape index (κ3) is 2.38. The maximum Gasteiger partial charge on any atom is 0.192 e. The summed E-state index contributed by atoms with van der Waals surface area (Å²) in [4.78, 5) is 0. The maximum absolute atomic E-state index is 5.95. The fourth-order valence-electron chi connectivity index (χ4n) is 1.89. The van der Waals surface area contributed by atoms with Crippen molar-refractivity contribution in [1.29, 1.82) is 0 Å². The number of benzene rings is 1. The molecule has 16 heavy (non-hydrogen) atoms. The highest BCUT2D eigenvalue weighted by Crippen LogP contribution is 2.35. The average Bonchev–Trinajstić information content (AvgIpc) is 2.62. The smallest absolute Gasteiger partial charge is 0.192 e. The molecule has 2 rings (SSSR count). The Balaban J connectivity index is 2.15. The number of nitrogens with two attached hydrogens (primary N) is 1. The van der Waals surface area contributed by atoms with Crippen LogP contribution in [0.1, 0.15) is 18.9 Å². The van der Waals surface area contributed by atoms with E-state index in [1.807, 2.05) is 31.2 Å². The highest BCUT2D eigenvalue weighted by molar-refractivity contribution is 6.30. The maximum atomic E-state index is 5.95. The lowest BCUT2D eigenvalue weighted by atomic mass is 10.1. The zero-order valence-corrected chi connectivity index (χ0v) is 10.0. The van der Waals surface area contributed by atoms with Crippen LogP contribution in [-0.4, -0.2) is 19.3 Å². The van der Waals surface area contributed by atoms with Gasteiger partial charge in [0.2, 0.25) is 0 Å². The van der Waals surface area contributed by atoms with Gasteiger partial charge >= 0.3 is 0 Å². The topological polar surface area (TPSA) is 44.5 Å². The van der Waals surface area contributed by atoms with Gasteiger partial charge in [0.15, 0.2) is 5.79 Å². The summed E-state index contributed by atoms with van der Waals surface area (Å²) in [6.07, 6.45) is 0.893. The number of rotatable bonds is 3. The second-order valence-corrected chi connectivity index (χ2v) is 4.52. The van der Waals surface area contributed by atoms with Gasteiger partial charge < -0.3 is 15.2 Å². The average molecular weight is 242 g/mol. The van der Waals surface area contributed by atoms with Crippen molar-refractivity contribution in [3.8, 4) is 0 Å². The van der Waals surface area contributed by atoms with E-state index in [0.717, 1.165) is 12.0 Å². The van der Waals surface area contributed by atoms with Crippen molar-refractivity contribution >= 4 is 11.6 Å². The van der Waals surface area contributed by atoms with Crippen LogP contribution in [0.25, 0.3) is 0 Å². The van der Waals surface area contributed by atoms with Crippen molar-refractivity contribution in [2.75, 3.05) is 13.2 Å². The second-order valence-electron chi connectivity index (χ2n) is 4.08. The molecule has 0 aliphatic carbocycles. The predicted molar refractivity (Wildman–Crippen MR) is 63.3 cm³/mol. The highest BCUT2D eigenvalue weighted by Gasteiger charge is 2.38. The molecule has 1 aromatic rings. The summed E-state index contributed by atoms with van der Waals surface area (Å²) in [5, 5.41) is 0.688. The van der Waals surface area contributed by atoms with E-state index in [4.69, 9.17) is 26.8 Å². The summed E-state index contributed by atoms with van der Waals surface area (Å²) >= 11 is 5.95. The minimum Gasteiger partial charge on any atom is -0.343 e. The number of hydrogen-bond donors (Lipinski definition) is 1. The number of hydrogen-bond acceptors (Lipinski definition) is 3. The van der Waals surface area contributed by atoms with Crippen LogP contribution >= 0.6 is 11.6 Å². The molecule has 1 saturated heterocycles. The van der Waals surface area contributed by atoms with Gasteiger partial charge in [0.05, 0.1) is 12.7 Å². The Bertz CT molecular complexity index is 372. The zero-order valence-electron chi connectivity index (χ0n) is 9.28. The second kappa shape index (κ2) is 4.72. The Kier molecular flexibility index (Phi) is 3.50. The SMILES string of the molecule is CC1(c2cccc(Cl)c2)OCC(CCN)O1. The fraction of sp³-hybridized carbons (Fsp3) is 0.500. The normalized spacial score (nSPS) is 29.6. The van der Waals surface area contributed by atoms with E-state index in [2.05, 4.69) is 0 Å². The van der Waals surface area contributed by atoms with Gasteiger partial charge in [-0.05, 0) is 32.0 Å². The molecule has 3 nitrogen and oxygen atoms in total. The molecule has 0 bridgehead atoms. The Hall–Kier alpha value is -0.610. The Labute approximate surface area is 100 Å². The van der Waals surface area contributed by atoms with Crippen LogP contribution in [0.5, 0.6) is 0 Å². The number of halogens is 1. The molecule has 2 unspecified atom stereocenters. The largest absolute Gasteiger partial charge is 0.343 e. The molecule has 2 N–H and O–H groups in total. The van der Waals surface area contributed by atoms with Gasteiger partial charge in [-0.3, -0.25) is 0 Å². The third-order valence-electron chi connectivity index (χ3n) is 2.77.